The fraction of sp³-hybridized carbons (Fsp3) is 0.278. The number of amides is 1. The molecule has 0 saturated heterocycles. The smallest absolute Gasteiger partial charge is 0.237 e. The van der Waals surface area contributed by atoms with Crippen LogP contribution in [0, 0.1) is 0 Å². The first-order valence-corrected chi connectivity index (χ1v) is 10.4. The second-order valence-electron chi connectivity index (χ2n) is 5.73. The third-order valence-electron chi connectivity index (χ3n) is 3.83. The molecule has 1 N–H and O–H groups in total. The van der Waals surface area contributed by atoms with Crippen molar-refractivity contribution in [3.05, 3.63) is 51.9 Å². The summed E-state index contributed by atoms with van der Waals surface area (Å²) in [6.45, 7) is 2.60. The van der Waals surface area contributed by atoms with Crippen LogP contribution in [0.5, 0.6) is 5.75 Å². The zero-order valence-electron chi connectivity index (χ0n) is 14.9. The third-order valence-corrected chi connectivity index (χ3v) is 6.10. The average molecular weight is 423 g/mol. The Kier molecular flexibility index (Phi) is 6.76. The molecule has 9 heteroatoms. The second kappa shape index (κ2) is 9.25. The maximum atomic E-state index is 12.6. The van der Waals surface area contributed by atoms with Crippen molar-refractivity contribution < 1.29 is 9.53 Å². The summed E-state index contributed by atoms with van der Waals surface area (Å²) in [6.07, 6.45) is 2.60. The number of nitrogens with one attached hydrogen (secondary N) is 1. The Morgan fingerprint density at radius 1 is 1.44 bits per heavy atom. The van der Waals surface area contributed by atoms with Gasteiger partial charge in [-0.15, -0.1) is 21.5 Å². The van der Waals surface area contributed by atoms with Crippen molar-refractivity contribution in [3.63, 3.8) is 0 Å². The molecule has 0 aliphatic heterocycles. The first-order valence-electron chi connectivity index (χ1n) is 8.28. The molecule has 0 unspecified atom stereocenters. The van der Waals surface area contributed by atoms with Crippen molar-refractivity contribution in [2.45, 2.75) is 30.3 Å². The number of aromatic nitrogens is 3. The number of thiophene rings is 1. The fourth-order valence-corrected chi connectivity index (χ4v) is 4.12. The van der Waals surface area contributed by atoms with Crippen LogP contribution in [-0.4, -0.2) is 33.0 Å². The minimum atomic E-state index is -0.363. The molecular weight excluding hydrogens is 404 g/mol. The number of carbonyl (C=O) groups excluding carboxylic acids is 1. The molecule has 1 amide bonds. The summed E-state index contributed by atoms with van der Waals surface area (Å²) in [5.74, 6) is 0.400. The van der Waals surface area contributed by atoms with Gasteiger partial charge in [0.15, 0.2) is 5.16 Å². The molecule has 0 saturated carbocycles. The van der Waals surface area contributed by atoms with Crippen molar-refractivity contribution in [2.24, 2.45) is 0 Å². The summed E-state index contributed by atoms with van der Waals surface area (Å²) >= 11 is 9.11. The lowest BCUT2D eigenvalue weighted by molar-refractivity contribution is -0.115. The molecule has 0 aliphatic carbocycles. The third kappa shape index (κ3) is 5.24. The highest BCUT2D eigenvalue weighted by molar-refractivity contribution is 8.00. The van der Waals surface area contributed by atoms with E-state index in [0.717, 1.165) is 13.0 Å². The zero-order valence-corrected chi connectivity index (χ0v) is 17.3. The molecule has 3 aromatic rings. The van der Waals surface area contributed by atoms with Crippen molar-refractivity contribution in [3.8, 4) is 5.75 Å². The van der Waals surface area contributed by atoms with E-state index in [4.69, 9.17) is 16.3 Å². The molecule has 0 spiro atoms. The molecule has 1 aromatic carbocycles. The number of carbonyl (C=O) groups is 1. The van der Waals surface area contributed by atoms with E-state index in [0.29, 0.717) is 21.6 Å². The molecule has 3 rings (SSSR count). The lowest BCUT2D eigenvalue weighted by Crippen LogP contribution is -2.23. The van der Waals surface area contributed by atoms with E-state index in [1.165, 1.54) is 16.6 Å². The van der Waals surface area contributed by atoms with E-state index < -0.39 is 0 Å². The number of rotatable bonds is 8. The van der Waals surface area contributed by atoms with E-state index in [2.05, 4.69) is 27.0 Å². The average Bonchev–Trinajstić information content (AvgIpc) is 3.32. The van der Waals surface area contributed by atoms with Gasteiger partial charge >= 0.3 is 0 Å². The van der Waals surface area contributed by atoms with Gasteiger partial charge in [-0.3, -0.25) is 4.79 Å². The van der Waals surface area contributed by atoms with Gasteiger partial charge in [-0.1, -0.05) is 29.4 Å². The number of aryl methyl sites for hydroxylation is 2. The normalized spacial score (nSPS) is 12.0. The number of halogens is 1. The van der Waals surface area contributed by atoms with E-state index >= 15 is 0 Å². The van der Waals surface area contributed by atoms with Crippen molar-refractivity contribution >= 4 is 46.3 Å². The van der Waals surface area contributed by atoms with Crippen LogP contribution in [0.15, 0.2) is 47.2 Å². The van der Waals surface area contributed by atoms with Gasteiger partial charge in [-0.25, -0.2) is 0 Å². The fourth-order valence-electron chi connectivity index (χ4n) is 2.40. The molecule has 0 fully saturated rings. The van der Waals surface area contributed by atoms with Crippen LogP contribution in [0.2, 0.25) is 5.02 Å². The quantitative estimate of drug-likeness (QED) is 0.546. The molecule has 2 heterocycles. The van der Waals surface area contributed by atoms with E-state index in [-0.39, 0.29) is 11.2 Å². The van der Waals surface area contributed by atoms with Crippen LogP contribution in [0.3, 0.4) is 0 Å². The standard InChI is InChI=1S/C18H19ClN4O2S2/c1-12(17(24)21-15-10-13(19)5-6-16(15)25-2)27-18-22-20-11-23(18)8-7-14-4-3-9-26-14/h3-6,9-12H,7-8H2,1-2H3,(H,21,24)/t12-/m0/s1. The maximum absolute atomic E-state index is 12.6. The van der Waals surface area contributed by atoms with Crippen LogP contribution in [-0.2, 0) is 17.8 Å². The van der Waals surface area contributed by atoms with Crippen molar-refractivity contribution in [1.29, 1.82) is 0 Å². The number of hydrogen-bond acceptors (Lipinski definition) is 6. The Morgan fingerprint density at radius 2 is 2.30 bits per heavy atom. The molecule has 27 heavy (non-hydrogen) atoms. The highest BCUT2D eigenvalue weighted by atomic mass is 35.5. The maximum Gasteiger partial charge on any atom is 0.237 e. The number of ether oxygens (including phenoxy) is 1. The monoisotopic (exact) mass is 422 g/mol. The van der Waals surface area contributed by atoms with Gasteiger partial charge in [-0.05, 0) is 43.0 Å². The van der Waals surface area contributed by atoms with Crippen LogP contribution < -0.4 is 10.1 Å². The Bertz CT molecular complexity index is 899. The van der Waals surface area contributed by atoms with Gasteiger partial charge in [0.2, 0.25) is 5.91 Å². The summed E-state index contributed by atoms with van der Waals surface area (Å²) in [4.78, 5) is 13.9. The molecule has 0 radical (unpaired) electrons. The summed E-state index contributed by atoms with van der Waals surface area (Å²) in [5, 5.41) is 13.9. The number of hydrogen-bond donors (Lipinski definition) is 1. The Balaban J connectivity index is 1.62. The first kappa shape index (κ1) is 19.7. The number of anilines is 1. The highest BCUT2D eigenvalue weighted by Crippen LogP contribution is 2.29. The SMILES string of the molecule is COc1ccc(Cl)cc1NC(=O)[C@H](C)Sc1nncn1CCc1cccs1. The zero-order chi connectivity index (χ0) is 19.2. The Hall–Kier alpha value is -2.03. The minimum absolute atomic E-state index is 0.159. The van der Waals surface area contributed by atoms with Gasteiger partial charge in [0.25, 0.3) is 0 Å². The molecular formula is C18H19ClN4O2S2. The predicted octanol–water partition coefficient (Wildman–Crippen LogP) is 4.36. The largest absolute Gasteiger partial charge is 0.495 e. The lowest BCUT2D eigenvalue weighted by atomic mass is 10.3. The summed E-state index contributed by atoms with van der Waals surface area (Å²) in [5.41, 5.74) is 0.543. The number of nitrogens with zero attached hydrogens (tertiary/aromatic N) is 3. The van der Waals surface area contributed by atoms with E-state index in [9.17, 15) is 4.79 Å². The molecule has 1 atom stereocenters. The molecule has 6 nitrogen and oxygen atoms in total. The number of thioether (sulfide) groups is 1. The topological polar surface area (TPSA) is 69.0 Å². The van der Waals surface area contributed by atoms with Crippen LogP contribution in [0.1, 0.15) is 11.8 Å². The van der Waals surface area contributed by atoms with Crippen LogP contribution in [0.25, 0.3) is 0 Å². The highest BCUT2D eigenvalue weighted by Gasteiger charge is 2.19. The van der Waals surface area contributed by atoms with Crippen molar-refractivity contribution in [1.82, 2.24) is 14.8 Å². The summed E-state index contributed by atoms with van der Waals surface area (Å²) in [7, 11) is 1.55. The Morgan fingerprint density at radius 3 is 3.04 bits per heavy atom. The Labute approximate surface area is 170 Å². The summed E-state index contributed by atoms with van der Waals surface area (Å²) < 4.78 is 7.23. The number of methoxy groups -OCH3 is 1. The minimum Gasteiger partial charge on any atom is -0.495 e. The van der Waals surface area contributed by atoms with E-state index in [1.807, 2.05) is 17.6 Å². The van der Waals surface area contributed by atoms with Gasteiger partial charge in [0.1, 0.15) is 12.1 Å². The van der Waals surface area contributed by atoms with Gasteiger partial charge in [-0.2, -0.15) is 0 Å². The molecule has 0 aliphatic rings. The van der Waals surface area contributed by atoms with Gasteiger partial charge in [0.05, 0.1) is 18.0 Å². The molecule has 2 aromatic heterocycles. The first-order chi connectivity index (χ1) is 13.1. The second-order valence-corrected chi connectivity index (χ2v) is 8.51. The summed E-state index contributed by atoms with van der Waals surface area (Å²) in [6, 6.07) is 9.25. The predicted molar refractivity (Wildman–Crippen MR) is 110 cm³/mol. The van der Waals surface area contributed by atoms with Gasteiger partial charge in [0, 0.05) is 16.4 Å². The van der Waals surface area contributed by atoms with Crippen molar-refractivity contribution in [2.75, 3.05) is 12.4 Å². The number of benzene rings is 1. The lowest BCUT2D eigenvalue weighted by Gasteiger charge is -2.14. The van der Waals surface area contributed by atoms with Gasteiger partial charge < -0.3 is 14.6 Å². The van der Waals surface area contributed by atoms with Crippen LogP contribution in [0.4, 0.5) is 5.69 Å². The molecule has 142 valence electrons. The molecule has 0 bridgehead atoms. The van der Waals surface area contributed by atoms with E-state index in [1.54, 1.807) is 43.0 Å². The van der Waals surface area contributed by atoms with Crippen LogP contribution >= 0.6 is 34.7 Å².